The van der Waals surface area contributed by atoms with Gasteiger partial charge in [0.05, 0.1) is 4.90 Å². The number of halogens is 1. The summed E-state index contributed by atoms with van der Waals surface area (Å²) in [6.07, 6.45) is 5.00. The molecule has 3 nitrogen and oxygen atoms in total. The van der Waals surface area contributed by atoms with Crippen LogP contribution in [-0.4, -0.2) is 25.3 Å². The Balaban J connectivity index is 2.40. The number of alkyl halides is 1. The number of hydrogen-bond donors (Lipinski definition) is 0. The highest BCUT2D eigenvalue weighted by Crippen LogP contribution is 2.30. The first-order chi connectivity index (χ1) is 10.0. The molecule has 1 aromatic rings. The van der Waals surface area contributed by atoms with Crippen molar-refractivity contribution in [2.75, 3.05) is 6.54 Å². The number of hydrogen-bond acceptors (Lipinski definition) is 2. The summed E-state index contributed by atoms with van der Waals surface area (Å²) < 4.78 is 27.8. The number of piperidine rings is 1. The Bertz CT molecular complexity index is 584. The molecule has 0 radical (unpaired) electrons. The van der Waals surface area contributed by atoms with Crippen LogP contribution in [0.3, 0.4) is 0 Å². The smallest absolute Gasteiger partial charge is 0.207 e. The van der Waals surface area contributed by atoms with Gasteiger partial charge in [0.15, 0.2) is 0 Å². The summed E-state index contributed by atoms with van der Waals surface area (Å²) in [5, 5.41) is 0. The van der Waals surface area contributed by atoms with Crippen LogP contribution in [0.5, 0.6) is 0 Å². The minimum Gasteiger partial charge on any atom is -0.207 e. The van der Waals surface area contributed by atoms with Gasteiger partial charge in [0, 0.05) is 18.5 Å². The first-order valence-electron chi connectivity index (χ1n) is 7.68. The van der Waals surface area contributed by atoms with Crippen LogP contribution in [0, 0.1) is 6.92 Å². The van der Waals surface area contributed by atoms with Crippen LogP contribution in [0.1, 0.15) is 50.2 Å². The summed E-state index contributed by atoms with van der Waals surface area (Å²) in [7, 11) is -3.42. The standard InChI is InChI=1S/C16H24ClNO2S/c1-3-7-15-9-4-5-11-18(15)21(19,20)16-10-6-8-14(12-17)13(16)2/h6,8,10,15H,3-5,7,9,11-12H2,1-2H3. The third-order valence-electron chi connectivity index (χ3n) is 4.32. The number of benzene rings is 1. The average molecular weight is 330 g/mol. The van der Waals surface area contributed by atoms with Gasteiger partial charge in [-0.1, -0.05) is 31.9 Å². The van der Waals surface area contributed by atoms with Crippen molar-refractivity contribution in [3.8, 4) is 0 Å². The largest absolute Gasteiger partial charge is 0.243 e. The van der Waals surface area contributed by atoms with Crippen LogP contribution in [0.4, 0.5) is 0 Å². The fourth-order valence-corrected chi connectivity index (χ4v) is 5.41. The van der Waals surface area contributed by atoms with Gasteiger partial charge >= 0.3 is 0 Å². The molecule has 1 aliphatic rings. The fraction of sp³-hybridized carbons (Fsp3) is 0.625. The van der Waals surface area contributed by atoms with Gasteiger partial charge in [-0.3, -0.25) is 0 Å². The lowest BCUT2D eigenvalue weighted by Crippen LogP contribution is -2.43. The Labute approximate surface area is 133 Å². The van der Waals surface area contributed by atoms with E-state index in [0.717, 1.165) is 43.2 Å². The predicted molar refractivity (Wildman–Crippen MR) is 87.2 cm³/mol. The molecule has 0 amide bonds. The predicted octanol–water partition coefficient (Wildman–Crippen LogP) is 4.08. The lowest BCUT2D eigenvalue weighted by Gasteiger charge is -2.35. The zero-order valence-corrected chi connectivity index (χ0v) is 14.4. The maximum Gasteiger partial charge on any atom is 0.243 e. The Kier molecular flexibility index (Phi) is 5.69. The van der Waals surface area contributed by atoms with Crippen LogP contribution < -0.4 is 0 Å². The van der Waals surface area contributed by atoms with Crippen LogP contribution >= 0.6 is 11.6 Å². The Morgan fingerprint density at radius 2 is 2.10 bits per heavy atom. The molecular formula is C16H24ClNO2S. The number of sulfonamides is 1. The van der Waals surface area contributed by atoms with Gasteiger partial charge in [-0.25, -0.2) is 8.42 Å². The van der Waals surface area contributed by atoms with Gasteiger partial charge in [-0.15, -0.1) is 11.6 Å². The highest BCUT2D eigenvalue weighted by atomic mass is 35.5. The molecule has 0 saturated carbocycles. The molecule has 2 rings (SSSR count). The molecule has 0 spiro atoms. The summed E-state index contributed by atoms with van der Waals surface area (Å²) >= 11 is 5.91. The van der Waals surface area contributed by atoms with Gasteiger partial charge < -0.3 is 0 Å². The molecule has 1 fully saturated rings. The summed E-state index contributed by atoms with van der Waals surface area (Å²) in [6, 6.07) is 5.53. The normalized spacial score (nSPS) is 20.6. The van der Waals surface area contributed by atoms with Crippen molar-refractivity contribution in [1.29, 1.82) is 0 Å². The zero-order chi connectivity index (χ0) is 15.5. The second kappa shape index (κ2) is 7.12. The summed E-state index contributed by atoms with van der Waals surface area (Å²) in [5.74, 6) is 0.341. The van der Waals surface area contributed by atoms with E-state index in [1.54, 1.807) is 16.4 Å². The van der Waals surface area contributed by atoms with Crippen molar-refractivity contribution >= 4 is 21.6 Å². The highest BCUT2D eigenvalue weighted by Gasteiger charge is 2.33. The van der Waals surface area contributed by atoms with Crippen LogP contribution in [-0.2, 0) is 15.9 Å². The van der Waals surface area contributed by atoms with Gasteiger partial charge in [0.2, 0.25) is 10.0 Å². The van der Waals surface area contributed by atoms with Crippen molar-refractivity contribution in [3.05, 3.63) is 29.3 Å². The van der Waals surface area contributed by atoms with E-state index in [1.165, 1.54) is 0 Å². The molecule has 1 heterocycles. The molecule has 0 aliphatic carbocycles. The van der Waals surface area contributed by atoms with Gasteiger partial charge in [0.1, 0.15) is 0 Å². The lowest BCUT2D eigenvalue weighted by atomic mass is 10.0. The summed E-state index contributed by atoms with van der Waals surface area (Å²) in [6.45, 7) is 4.60. The van der Waals surface area contributed by atoms with E-state index >= 15 is 0 Å². The van der Waals surface area contributed by atoms with Crippen molar-refractivity contribution in [1.82, 2.24) is 4.31 Å². The second-order valence-corrected chi connectivity index (χ2v) is 7.85. The van der Waals surface area contributed by atoms with E-state index in [0.29, 0.717) is 17.3 Å². The first kappa shape index (κ1) is 16.8. The molecule has 1 unspecified atom stereocenters. The Morgan fingerprint density at radius 3 is 2.76 bits per heavy atom. The molecule has 1 saturated heterocycles. The molecule has 0 aromatic heterocycles. The Morgan fingerprint density at radius 1 is 1.33 bits per heavy atom. The maximum atomic E-state index is 13.0. The van der Waals surface area contributed by atoms with Crippen molar-refractivity contribution in [2.24, 2.45) is 0 Å². The van der Waals surface area contributed by atoms with Crippen LogP contribution in [0.15, 0.2) is 23.1 Å². The van der Waals surface area contributed by atoms with E-state index in [-0.39, 0.29) is 6.04 Å². The molecule has 0 bridgehead atoms. The highest BCUT2D eigenvalue weighted by molar-refractivity contribution is 7.89. The molecule has 0 N–H and O–H groups in total. The van der Waals surface area contributed by atoms with E-state index < -0.39 is 10.0 Å². The van der Waals surface area contributed by atoms with E-state index in [4.69, 9.17) is 11.6 Å². The van der Waals surface area contributed by atoms with E-state index in [2.05, 4.69) is 6.92 Å². The lowest BCUT2D eigenvalue weighted by molar-refractivity contribution is 0.239. The number of nitrogens with zero attached hydrogens (tertiary/aromatic N) is 1. The third-order valence-corrected chi connectivity index (χ3v) is 6.71. The van der Waals surface area contributed by atoms with E-state index in [9.17, 15) is 8.42 Å². The van der Waals surface area contributed by atoms with Gasteiger partial charge in [0.25, 0.3) is 0 Å². The summed E-state index contributed by atoms with van der Waals surface area (Å²) in [5.41, 5.74) is 1.68. The topological polar surface area (TPSA) is 37.4 Å². The summed E-state index contributed by atoms with van der Waals surface area (Å²) in [4.78, 5) is 0.420. The van der Waals surface area contributed by atoms with E-state index in [1.807, 2.05) is 13.0 Å². The van der Waals surface area contributed by atoms with Crippen molar-refractivity contribution in [3.63, 3.8) is 0 Å². The minimum atomic E-state index is -3.42. The molecule has 1 aliphatic heterocycles. The maximum absolute atomic E-state index is 13.0. The monoisotopic (exact) mass is 329 g/mol. The molecule has 1 aromatic carbocycles. The van der Waals surface area contributed by atoms with Crippen LogP contribution in [0.25, 0.3) is 0 Å². The average Bonchev–Trinajstić information content (AvgIpc) is 2.48. The molecular weight excluding hydrogens is 306 g/mol. The Hall–Kier alpha value is -0.580. The molecule has 21 heavy (non-hydrogen) atoms. The molecule has 1 atom stereocenters. The van der Waals surface area contributed by atoms with Gasteiger partial charge in [-0.05, 0) is 43.4 Å². The fourth-order valence-electron chi connectivity index (χ4n) is 3.12. The molecule has 118 valence electrons. The quantitative estimate of drug-likeness (QED) is 0.763. The minimum absolute atomic E-state index is 0.146. The molecule has 5 heteroatoms. The third kappa shape index (κ3) is 3.43. The first-order valence-corrected chi connectivity index (χ1v) is 9.66. The number of rotatable bonds is 5. The van der Waals surface area contributed by atoms with Crippen molar-refractivity contribution in [2.45, 2.75) is 62.8 Å². The SMILES string of the molecule is CCCC1CCCCN1S(=O)(=O)c1cccc(CCl)c1C. The second-order valence-electron chi connectivity index (χ2n) is 5.73. The van der Waals surface area contributed by atoms with Crippen molar-refractivity contribution < 1.29 is 8.42 Å². The van der Waals surface area contributed by atoms with Gasteiger partial charge in [-0.2, -0.15) is 4.31 Å². The van der Waals surface area contributed by atoms with Crippen LogP contribution in [0.2, 0.25) is 0 Å². The zero-order valence-electron chi connectivity index (χ0n) is 12.8.